The number of benzene rings is 1. The molecule has 5 heteroatoms. The van der Waals surface area contributed by atoms with Gasteiger partial charge in [0.25, 0.3) is 0 Å². The molecule has 112 valence electrons. The largest absolute Gasteiger partial charge is 0.490 e. The van der Waals surface area contributed by atoms with Gasteiger partial charge in [0.15, 0.2) is 11.5 Å². The van der Waals surface area contributed by atoms with Gasteiger partial charge in [0.1, 0.15) is 11.5 Å². The van der Waals surface area contributed by atoms with Crippen LogP contribution in [0.3, 0.4) is 0 Å². The quantitative estimate of drug-likeness (QED) is 0.942. The first-order valence-corrected chi connectivity index (χ1v) is 7.36. The van der Waals surface area contributed by atoms with Crippen LogP contribution >= 0.6 is 0 Å². The third-order valence-electron chi connectivity index (χ3n) is 3.46. The highest BCUT2D eigenvalue weighted by molar-refractivity contribution is 5.72. The van der Waals surface area contributed by atoms with E-state index in [1.165, 1.54) is 0 Å². The van der Waals surface area contributed by atoms with Crippen molar-refractivity contribution < 1.29 is 9.47 Å². The van der Waals surface area contributed by atoms with Crippen molar-refractivity contribution in [1.82, 2.24) is 9.55 Å². The predicted octanol–water partition coefficient (Wildman–Crippen LogP) is 2.95. The summed E-state index contributed by atoms with van der Waals surface area (Å²) in [6.45, 7) is 6.55. The number of fused-ring (bicyclic) bond motifs is 1. The molecule has 0 saturated carbocycles. The van der Waals surface area contributed by atoms with E-state index in [2.05, 4.69) is 18.8 Å². The van der Waals surface area contributed by atoms with Crippen LogP contribution in [0.2, 0.25) is 0 Å². The first-order valence-electron chi connectivity index (χ1n) is 7.36. The number of nitrogens with zero attached hydrogens (tertiary/aromatic N) is 2. The molecule has 0 amide bonds. The van der Waals surface area contributed by atoms with Crippen LogP contribution in [0.25, 0.3) is 11.3 Å². The number of hydrogen-bond donors (Lipinski definition) is 1. The Morgan fingerprint density at radius 2 is 2.00 bits per heavy atom. The summed E-state index contributed by atoms with van der Waals surface area (Å²) in [5.74, 6) is 2.77. The van der Waals surface area contributed by atoms with E-state index < -0.39 is 0 Å². The molecule has 0 atom stereocenters. The number of anilines is 1. The molecule has 0 saturated heterocycles. The van der Waals surface area contributed by atoms with Gasteiger partial charge in [0.05, 0.1) is 19.5 Å². The van der Waals surface area contributed by atoms with E-state index in [9.17, 15) is 0 Å². The van der Waals surface area contributed by atoms with Gasteiger partial charge in [0.2, 0.25) is 0 Å². The molecule has 0 unspecified atom stereocenters. The number of imidazole rings is 1. The Labute approximate surface area is 124 Å². The summed E-state index contributed by atoms with van der Waals surface area (Å²) in [7, 11) is 0. The molecule has 3 rings (SSSR count). The van der Waals surface area contributed by atoms with Crippen molar-refractivity contribution in [2.75, 3.05) is 18.9 Å². The molecule has 0 bridgehead atoms. The second-order valence-electron chi connectivity index (χ2n) is 5.74. The van der Waals surface area contributed by atoms with Gasteiger partial charge >= 0.3 is 0 Å². The Kier molecular flexibility index (Phi) is 3.73. The van der Waals surface area contributed by atoms with E-state index in [1.54, 1.807) is 6.33 Å². The van der Waals surface area contributed by atoms with Crippen LogP contribution in [-0.2, 0) is 6.54 Å². The zero-order valence-electron chi connectivity index (χ0n) is 12.5. The van der Waals surface area contributed by atoms with E-state index in [1.807, 2.05) is 22.8 Å². The molecule has 2 heterocycles. The topological polar surface area (TPSA) is 62.3 Å². The van der Waals surface area contributed by atoms with Crippen molar-refractivity contribution in [3.8, 4) is 22.8 Å². The van der Waals surface area contributed by atoms with Crippen molar-refractivity contribution >= 4 is 5.82 Å². The van der Waals surface area contributed by atoms with Crippen molar-refractivity contribution in [2.45, 2.75) is 26.8 Å². The van der Waals surface area contributed by atoms with Crippen LogP contribution < -0.4 is 15.2 Å². The number of rotatable bonds is 3. The van der Waals surface area contributed by atoms with Gasteiger partial charge in [-0.3, -0.25) is 0 Å². The third kappa shape index (κ3) is 2.82. The van der Waals surface area contributed by atoms with Gasteiger partial charge < -0.3 is 19.8 Å². The summed E-state index contributed by atoms with van der Waals surface area (Å²) in [5, 5.41) is 0. The van der Waals surface area contributed by atoms with Crippen molar-refractivity contribution in [1.29, 1.82) is 0 Å². The van der Waals surface area contributed by atoms with Gasteiger partial charge in [-0.25, -0.2) is 4.98 Å². The van der Waals surface area contributed by atoms with E-state index in [4.69, 9.17) is 15.2 Å². The van der Waals surface area contributed by atoms with Gasteiger partial charge in [-0.15, -0.1) is 0 Å². The molecule has 2 N–H and O–H groups in total. The molecule has 1 aliphatic heterocycles. The second-order valence-corrected chi connectivity index (χ2v) is 5.74. The first kappa shape index (κ1) is 13.8. The maximum absolute atomic E-state index is 6.22. The number of aromatic nitrogens is 2. The number of ether oxygens (including phenoxy) is 2. The SMILES string of the molecule is CC(C)Cn1cnc(-c2ccc3c(c2)OCCCO3)c1N. The van der Waals surface area contributed by atoms with E-state index >= 15 is 0 Å². The van der Waals surface area contributed by atoms with Gasteiger partial charge in [0, 0.05) is 18.5 Å². The predicted molar refractivity (Wildman–Crippen MR) is 82.5 cm³/mol. The maximum Gasteiger partial charge on any atom is 0.161 e. The average Bonchev–Trinajstić information content (AvgIpc) is 2.68. The van der Waals surface area contributed by atoms with Gasteiger partial charge in [-0.1, -0.05) is 13.8 Å². The smallest absolute Gasteiger partial charge is 0.161 e. The van der Waals surface area contributed by atoms with Crippen LogP contribution in [0, 0.1) is 5.92 Å². The molecular formula is C16H21N3O2. The van der Waals surface area contributed by atoms with Crippen LogP contribution in [0.4, 0.5) is 5.82 Å². The Balaban J connectivity index is 1.94. The molecule has 2 aromatic rings. The molecule has 0 fully saturated rings. The molecule has 0 radical (unpaired) electrons. The van der Waals surface area contributed by atoms with Crippen LogP contribution in [-0.4, -0.2) is 22.8 Å². The molecule has 5 nitrogen and oxygen atoms in total. The molecule has 21 heavy (non-hydrogen) atoms. The van der Waals surface area contributed by atoms with Crippen LogP contribution in [0.15, 0.2) is 24.5 Å². The van der Waals surface area contributed by atoms with Gasteiger partial charge in [-0.2, -0.15) is 0 Å². The number of nitrogens with two attached hydrogens (primary N) is 1. The number of hydrogen-bond acceptors (Lipinski definition) is 4. The third-order valence-corrected chi connectivity index (χ3v) is 3.46. The van der Waals surface area contributed by atoms with E-state index in [0.717, 1.165) is 35.7 Å². The minimum atomic E-state index is 0.526. The summed E-state index contributed by atoms with van der Waals surface area (Å²) >= 11 is 0. The maximum atomic E-state index is 6.22. The van der Waals surface area contributed by atoms with Crippen molar-refractivity contribution in [3.63, 3.8) is 0 Å². The Morgan fingerprint density at radius 1 is 1.24 bits per heavy atom. The standard InChI is InChI=1S/C16H21N3O2/c1-11(2)9-19-10-18-15(16(19)17)12-4-5-13-14(8-12)21-7-3-6-20-13/h4-5,8,10-11H,3,6-7,9,17H2,1-2H3. The number of nitrogen functional groups attached to an aromatic ring is 1. The molecule has 1 aromatic carbocycles. The zero-order chi connectivity index (χ0) is 14.8. The van der Waals surface area contributed by atoms with Crippen LogP contribution in [0.1, 0.15) is 20.3 Å². The highest BCUT2D eigenvalue weighted by atomic mass is 16.5. The normalized spacial score (nSPS) is 14.2. The summed E-state index contributed by atoms with van der Waals surface area (Å²) in [6.07, 6.45) is 2.70. The second kappa shape index (κ2) is 5.68. The summed E-state index contributed by atoms with van der Waals surface area (Å²) in [6, 6.07) is 5.86. The fraction of sp³-hybridized carbons (Fsp3) is 0.438. The molecule has 1 aromatic heterocycles. The summed E-state index contributed by atoms with van der Waals surface area (Å²) < 4.78 is 13.4. The molecule has 0 aliphatic carbocycles. The fourth-order valence-corrected chi connectivity index (χ4v) is 2.46. The monoisotopic (exact) mass is 287 g/mol. The lowest BCUT2D eigenvalue weighted by molar-refractivity contribution is 0.297. The average molecular weight is 287 g/mol. The first-order chi connectivity index (χ1) is 10.1. The molecular weight excluding hydrogens is 266 g/mol. The zero-order valence-corrected chi connectivity index (χ0v) is 12.5. The lowest BCUT2D eigenvalue weighted by Crippen LogP contribution is -2.06. The summed E-state index contributed by atoms with van der Waals surface area (Å²) in [4.78, 5) is 4.45. The van der Waals surface area contributed by atoms with E-state index in [-0.39, 0.29) is 0 Å². The van der Waals surface area contributed by atoms with Crippen LogP contribution in [0.5, 0.6) is 11.5 Å². The Hall–Kier alpha value is -2.17. The fourth-order valence-electron chi connectivity index (χ4n) is 2.46. The van der Waals surface area contributed by atoms with Crippen molar-refractivity contribution in [2.24, 2.45) is 5.92 Å². The lowest BCUT2D eigenvalue weighted by Gasteiger charge is -2.10. The highest BCUT2D eigenvalue weighted by Crippen LogP contribution is 2.35. The lowest BCUT2D eigenvalue weighted by atomic mass is 10.1. The minimum absolute atomic E-state index is 0.526. The Morgan fingerprint density at radius 3 is 2.76 bits per heavy atom. The Bertz CT molecular complexity index is 634. The minimum Gasteiger partial charge on any atom is -0.490 e. The van der Waals surface area contributed by atoms with Crippen molar-refractivity contribution in [3.05, 3.63) is 24.5 Å². The molecule has 0 spiro atoms. The van der Waals surface area contributed by atoms with Gasteiger partial charge in [-0.05, 0) is 24.1 Å². The summed E-state index contributed by atoms with van der Waals surface area (Å²) in [5.41, 5.74) is 7.97. The van der Waals surface area contributed by atoms with E-state index in [0.29, 0.717) is 24.9 Å². The molecule has 1 aliphatic rings. The highest BCUT2D eigenvalue weighted by Gasteiger charge is 2.15.